The molecule has 3 aliphatic heterocycles. The molecule has 2 aliphatic carbocycles. The molecule has 0 bridgehead atoms. The average molecular weight is 565 g/mol. The molecule has 0 aromatic heterocycles. The fourth-order valence-corrected chi connectivity index (χ4v) is 8.41. The van der Waals surface area contributed by atoms with Gasteiger partial charge in [-0.1, -0.05) is 0 Å². The van der Waals surface area contributed by atoms with Crippen LogP contribution in [0.25, 0.3) is 0 Å². The number of likely N-dealkylation sites (tertiary alicyclic amines) is 1. The van der Waals surface area contributed by atoms with Crippen LogP contribution in [0.5, 0.6) is 0 Å². The molecule has 9 unspecified atom stereocenters. The monoisotopic (exact) mass is 564 g/mol. The third kappa shape index (κ3) is 6.52. The Morgan fingerprint density at radius 3 is 2.45 bits per heavy atom. The molecule has 5 rings (SSSR count). The van der Waals surface area contributed by atoms with E-state index in [-0.39, 0.29) is 54.4 Å². The summed E-state index contributed by atoms with van der Waals surface area (Å²) in [6.07, 6.45) is 12.4. The molecular weight excluding hydrogens is 510 g/mol. The van der Waals surface area contributed by atoms with Crippen LogP contribution < -0.4 is 21.3 Å². The highest BCUT2D eigenvalue weighted by atomic mass is 16.5. The number of rotatable bonds is 9. The van der Waals surface area contributed by atoms with Gasteiger partial charge in [0.2, 0.25) is 11.8 Å². The summed E-state index contributed by atoms with van der Waals surface area (Å²) in [5, 5.41) is 7.10. The number of nitrogens with zero attached hydrogens (tertiary/aromatic N) is 1. The van der Waals surface area contributed by atoms with E-state index in [0.717, 1.165) is 83.7 Å². The molecule has 10 heteroatoms. The Balaban J connectivity index is 1.26. The lowest BCUT2D eigenvalue weighted by Gasteiger charge is -2.53. The molecule has 2 amide bonds. The smallest absolute Gasteiger partial charge is 0.234 e. The fourth-order valence-electron chi connectivity index (χ4n) is 8.41. The normalized spacial score (nSPS) is 42.1. The minimum Gasteiger partial charge on any atom is -0.381 e. The highest BCUT2D eigenvalue weighted by Crippen LogP contribution is 2.32. The van der Waals surface area contributed by atoms with E-state index in [2.05, 4.69) is 10.6 Å². The van der Waals surface area contributed by atoms with Crippen LogP contribution in [-0.4, -0.2) is 94.5 Å². The maximum atomic E-state index is 13.8. The first-order chi connectivity index (χ1) is 19.4. The molecule has 2 saturated carbocycles. The van der Waals surface area contributed by atoms with Crippen molar-refractivity contribution in [1.29, 1.82) is 0 Å². The standard InChI is InChI=1S/C30H53N5O5/c1-38-21-10-7-20(8-11-21)18-32-29(36)22-17-23-28(33-26-6-4-5-14-34(26)30(23)37)35(27(22)31)15-13-19-9-12-24(39-2)25(16-19)40-3/h19-28,33H,4-18,31H2,1-3H3,(H,32,36)/p+1. The van der Waals surface area contributed by atoms with E-state index >= 15 is 0 Å². The topological polar surface area (TPSA) is 120 Å². The lowest BCUT2D eigenvalue weighted by atomic mass is 9.79. The summed E-state index contributed by atoms with van der Waals surface area (Å²) in [4.78, 5) is 30.6. The molecule has 0 radical (unpaired) electrons. The quantitative estimate of drug-likeness (QED) is 0.324. The molecule has 0 aromatic rings. The van der Waals surface area contributed by atoms with Gasteiger partial charge in [0.15, 0.2) is 12.3 Å². The molecule has 3 saturated heterocycles. The maximum Gasteiger partial charge on any atom is 0.234 e. The second-order valence-corrected chi connectivity index (χ2v) is 13.1. The van der Waals surface area contributed by atoms with Crippen LogP contribution in [0.15, 0.2) is 0 Å². The maximum absolute atomic E-state index is 13.8. The summed E-state index contributed by atoms with van der Waals surface area (Å²) in [6.45, 7) is 2.34. The van der Waals surface area contributed by atoms with Crippen molar-refractivity contribution in [3.05, 3.63) is 0 Å². The molecule has 5 N–H and O–H groups in total. The first-order valence-corrected chi connectivity index (χ1v) is 16.0. The van der Waals surface area contributed by atoms with Crippen molar-refractivity contribution in [2.45, 2.75) is 114 Å². The van der Waals surface area contributed by atoms with Crippen LogP contribution in [0.2, 0.25) is 0 Å². The van der Waals surface area contributed by atoms with Crippen LogP contribution in [0, 0.1) is 23.7 Å². The average Bonchev–Trinajstić information content (AvgIpc) is 2.99. The van der Waals surface area contributed by atoms with Crippen LogP contribution in [0.1, 0.15) is 77.0 Å². The van der Waals surface area contributed by atoms with Crippen molar-refractivity contribution in [3.8, 4) is 0 Å². The van der Waals surface area contributed by atoms with Gasteiger partial charge in [-0.25, -0.2) is 5.32 Å². The van der Waals surface area contributed by atoms with Gasteiger partial charge in [-0.2, -0.15) is 0 Å². The number of quaternary nitrogens is 1. The van der Waals surface area contributed by atoms with E-state index < -0.39 is 0 Å². The van der Waals surface area contributed by atoms with Gasteiger partial charge in [-0.3, -0.25) is 15.3 Å². The van der Waals surface area contributed by atoms with Gasteiger partial charge >= 0.3 is 0 Å². The minimum atomic E-state index is -0.366. The molecule has 40 heavy (non-hydrogen) atoms. The van der Waals surface area contributed by atoms with Gasteiger partial charge in [0.1, 0.15) is 11.8 Å². The number of hydrogen-bond donors (Lipinski definition) is 4. The molecule has 3 heterocycles. The van der Waals surface area contributed by atoms with Crippen molar-refractivity contribution < 1.29 is 28.7 Å². The lowest BCUT2D eigenvalue weighted by molar-refractivity contribution is -0.965. The molecule has 228 valence electrons. The second-order valence-electron chi connectivity index (χ2n) is 13.1. The molecule has 0 spiro atoms. The molecular formula is C30H54N5O5+. The summed E-state index contributed by atoms with van der Waals surface area (Å²) in [7, 11) is 5.33. The number of piperidine rings is 2. The molecule has 9 atom stereocenters. The van der Waals surface area contributed by atoms with E-state index in [4.69, 9.17) is 19.9 Å². The van der Waals surface area contributed by atoms with E-state index in [0.29, 0.717) is 30.9 Å². The Bertz CT molecular complexity index is 854. The number of carbonyl (C=O) groups excluding carboxylic acids is 2. The third-order valence-corrected chi connectivity index (χ3v) is 11.0. The van der Waals surface area contributed by atoms with Crippen molar-refractivity contribution in [2.24, 2.45) is 29.4 Å². The summed E-state index contributed by atoms with van der Waals surface area (Å²) < 4.78 is 16.9. The first-order valence-electron chi connectivity index (χ1n) is 16.0. The van der Waals surface area contributed by atoms with Crippen molar-refractivity contribution >= 4 is 11.8 Å². The Morgan fingerprint density at radius 2 is 1.73 bits per heavy atom. The lowest BCUT2D eigenvalue weighted by Crippen LogP contribution is -3.26. The summed E-state index contributed by atoms with van der Waals surface area (Å²) >= 11 is 0. The Hall–Kier alpha value is -1.30. The molecule has 5 fully saturated rings. The largest absolute Gasteiger partial charge is 0.381 e. The summed E-state index contributed by atoms with van der Waals surface area (Å²) in [5.74, 6) is 0.660. The second kappa shape index (κ2) is 13.8. The summed E-state index contributed by atoms with van der Waals surface area (Å²) in [5.41, 5.74) is 6.98. The highest BCUT2D eigenvalue weighted by Gasteiger charge is 2.55. The van der Waals surface area contributed by atoms with Gasteiger partial charge in [0, 0.05) is 34.4 Å². The van der Waals surface area contributed by atoms with E-state index in [1.165, 1.54) is 4.90 Å². The fraction of sp³-hybridized carbons (Fsp3) is 0.933. The van der Waals surface area contributed by atoms with E-state index in [1.807, 2.05) is 4.90 Å². The summed E-state index contributed by atoms with van der Waals surface area (Å²) in [6, 6.07) is 0. The van der Waals surface area contributed by atoms with Gasteiger partial charge in [0.25, 0.3) is 0 Å². The zero-order valence-corrected chi connectivity index (χ0v) is 24.9. The van der Waals surface area contributed by atoms with Crippen LogP contribution >= 0.6 is 0 Å². The number of methoxy groups -OCH3 is 3. The molecule has 5 aliphatic rings. The van der Waals surface area contributed by atoms with Gasteiger partial charge in [0.05, 0.1) is 31.0 Å². The predicted molar refractivity (Wildman–Crippen MR) is 151 cm³/mol. The molecule has 10 nitrogen and oxygen atoms in total. The van der Waals surface area contributed by atoms with Gasteiger partial charge in [-0.05, 0) is 88.9 Å². The van der Waals surface area contributed by atoms with E-state index in [9.17, 15) is 9.59 Å². The molecule has 0 aromatic carbocycles. The minimum absolute atomic E-state index is 0.0194. The Morgan fingerprint density at radius 1 is 0.975 bits per heavy atom. The zero-order valence-electron chi connectivity index (χ0n) is 24.9. The highest BCUT2D eigenvalue weighted by molar-refractivity contribution is 5.83. The number of carbonyl (C=O) groups is 2. The number of nitrogens with two attached hydrogens (primary N) is 1. The van der Waals surface area contributed by atoms with Crippen LogP contribution in [0.4, 0.5) is 0 Å². The Labute approximate surface area is 240 Å². The van der Waals surface area contributed by atoms with Crippen molar-refractivity contribution in [3.63, 3.8) is 0 Å². The van der Waals surface area contributed by atoms with Crippen molar-refractivity contribution in [1.82, 2.24) is 15.5 Å². The van der Waals surface area contributed by atoms with Gasteiger partial charge in [-0.15, -0.1) is 0 Å². The number of amides is 2. The Kier molecular flexibility index (Phi) is 10.4. The van der Waals surface area contributed by atoms with E-state index in [1.54, 1.807) is 21.3 Å². The first kappa shape index (κ1) is 30.2. The number of fused-ring (bicyclic) bond motifs is 2. The third-order valence-electron chi connectivity index (χ3n) is 11.0. The van der Waals surface area contributed by atoms with Crippen LogP contribution in [-0.2, 0) is 23.8 Å². The zero-order chi connectivity index (χ0) is 28.2. The number of hydrogen-bond acceptors (Lipinski definition) is 7. The SMILES string of the molecule is COC1CCC(CNC(=O)C2CC3C(=O)N4CCCCC4NC3[NH+](CCC3CCC(OC)C(OC)C3)C2N)CC1. The van der Waals surface area contributed by atoms with Crippen LogP contribution in [0.3, 0.4) is 0 Å². The number of nitrogens with one attached hydrogen (secondary N) is 3. The predicted octanol–water partition coefficient (Wildman–Crippen LogP) is 0.602. The number of ether oxygens (including phenoxy) is 3. The van der Waals surface area contributed by atoms with Crippen molar-refractivity contribution in [2.75, 3.05) is 41.0 Å². The van der Waals surface area contributed by atoms with Gasteiger partial charge < -0.3 is 29.3 Å².